The van der Waals surface area contributed by atoms with E-state index in [4.69, 9.17) is 0 Å². The molecular formula is C20H23FN4O2. The third-order valence-corrected chi connectivity index (χ3v) is 4.35. The average molecular weight is 370 g/mol. The van der Waals surface area contributed by atoms with Crippen molar-refractivity contribution >= 4 is 34.6 Å². The SMILES string of the molecule is CC(=O)Nc1cc(NCC(=O)Nc2ccc(N3CCCC3)cc2)ccc1F. The molecule has 0 atom stereocenters. The second kappa shape index (κ2) is 8.53. The van der Waals surface area contributed by atoms with Crippen LogP contribution in [0.2, 0.25) is 0 Å². The van der Waals surface area contributed by atoms with Gasteiger partial charge in [-0.2, -0.15) is 0 Å². The highest BCUT2D eigenvalue weighted by Crippen LogP contribution is 2.22. The van der Waals surface area contributed by atoms with Crippen LogP contribution in [0.25, 0.3) is 0 Å². The molecule has 1 heterocycles. The number of anilines is 4. The summed E-state index contributed by atoms with van der Waals surface area (Å²) in [5.74, 6) is -1.10. The summed E-state index contributed by atoms with van der Waals surface area (Å²) in [6, 6.07) is 12.0. The second-order valence-electron chi connectivity index (χ2n) is 6.52. The molecule has 2 aromatic rings. The summed E-state index contributed by atoms with van der Waals surface area (Å²) in [6.45, 7) is 3.49. The number of amides is 2. The van der Waals surface area contributed by atoms with E-state index in [0.717, 1.165) is 18.8 Å². The summed E-state index contributed by atoms with van der Waals surface area (Å²) in [4.78, 5) is 25.5. The fourth-order valence-electron chi connectivity index (χ4n) is 3.04. The standard InChI is InChI=1S/C20H23FN4O2/c1-14(26)23-19-12-16(6-9-18(19)21)22-13-20(27)24-15-4-7-17(8-5-15)25-10-2-3-11-25/h4-9,12,22H,2-3,10-11,13H2,1H3,(H,23,26)(H,24,27). The van der Waals surface area contributed by atoms with Gasteiger partial charge < -0.3 is 20.9 Å². The van der Waals surface area contributed by atoms with Crippen LogP contribution in [0.5, 0.6) is 0 Å². The summed E-state index contributed by atoms with van der Waals surface area (Å²) in [5, 5.41) is 8.16. The van der Waals surface area contributed by atoms with Crippen LogP contribution in [0.15, 0.2) is 42.5 Å². The first-order valence-corrected chi connectivity index (χ1v) is 8.97. The lowest BCUT2D eigenvalue weighted by Gasteiger charge is -2.17. The van der Waals surface area contributed by atoms with Gasteiger partial charge in [0, 0.05) is 37.1 Å². The molecule has 0 unspecified atom stereocenters. The molecule has 0 aromatic heterocycles. The summed E-state index contributed by atoms with van der Waals surface area (Å²) in [7, 11) is 0. The predicted molar refractivity (Wildman–Crippen MR) is 106 cm³/mol. The third-order valence-electron chi connectivity index (χ3n) is 4.35. The molecule has 0 saturated carbocycles. The highest BCUT2D eigenvalue weighted by atomic mass is 19.1. The van der Waals surface area contributed by atoms with Gasteiger partial charge in [-0.3, -0.25) is 9.59 Å². The van der Waals surface area contributed by atoms with Crippen LogP contribution in [0.3, 0.4) is 0 Å². The number of carbonyl (C=O) groups is 2. The molecule has 1 aliphatic rings. The molecule has 0 bridgehead atoms. The number of halogens is 1. The van der Waals surface area contributed by atoms with E-state index in [1.54, 1.807) is 0 Å². The fraction of sp³-hybridized carbons (Fsp3) is 0.300. The molecule has 3 N–H and O–H groups in total. The van der Waals surface area contributed by atoms with Gasteiger partial charge in [-0.25, -0.2) is 4.39 Å². The Morgan fingerprint density at radius 2 is 1.67 bits per heavy atom. The van der Waals surface area contributed by atoms with E-state index in [-0.39, 0.29) is 24.0 Å². The number of nitrogens with one attached hydrogen (secondary N) is 3. The summed E-state index contributed by atoms with van der Waals surface area (Å²) >= 11 is 0. The number of rotatable bonds is 6. The largest absolute Gasteiger partial charge is 0.376 e. The normalized spacial score (nSPS) is 13.3. The van der Waals surface area contributed by atoms with Crippen molar-refractivity contribution in [1.29, 1.82) is 0 Å². The molecule has 0 radical (unpaired) electrons. The van der Waals surface area contributed by atoms with Gasteiger partial charge in [0.1, 0.15) is 5.82 Å². The Balaban J connectivity index is 1.53. The van der Waals surface area contributed by atoms with Gasteiger partial charge in [0.2, 0.25) is 11.8 Å². The predicted octanol–water partition coefficient (Wildman–Crippen LogP) is 3.43. The molecule has 3 rings (SSSR count). The van der Waals surface area contributed by atoms with E-state index >= 15 is 0 Å². The van der Waals surface area contributed by atoms with E-state index in [1.807, 2.05) is 24.3 Å². The maximum atomic E-state index is 13.6. The molecule has 2 amide bonds. The van der Waals surface area contributed by atoms with Crippen molar-refractivity contribution in [2.75, 3.05) is 40.5 Å². The smallest absolute Gasteiger partial charge is 0.243 e. The first-order chi connectivity index (χ1) is 13.0. The summed E-state index contributed by atoms with van der Waals surface area (Å²) < 4.78 is 13.6. The average Bonchev–Trinajstić information content (AvgIpc) is 3.17. The molecule has 6 nitrogen and oxygen atoms in total. The van der Waals surface area contributed by atoms with E-state index < -0.39 is 5.82 Å². The Hall–Kier alpha value is -3.09. The Kier molecular flexibility index (Phi) is 5.90. The number of benzene rings is 2. The molecule has 0 aliphatic carbocycles. The highest BCUT2D eigenvalue weighted by molar-refractivity contribution is 5.94. The summed E-state index contributed by atoms with van der Waals surface area (Å²) in [5.41, 5.74) is 2.51. The van der Waals surface area contributed by atoms with Gasteiger partial charge in [-0.15, -0.1) is 0 Å². The highest BCUT2D eigenvalue weighted by Gasteiger charge is 2.12. The number of carbonyl (C=O) groups excluding carboxylic acids is 2. The van der Waals surface area contributed by atoms with Crippen LogP contribution in [-0.2, 0) is 9.59 Å². The van der Waals surface area contributed by atoms with E-state index in [0.29, 0.717) is 5.69 Å². The van der Waals surface area contributed by atoms with Crippen LogP contribution < -0.4 is 20.9 Å². The molecule has 7 heteroatoms. The van der Waals surface area contributed by atoms with Gasteiger partial charge in [0.05, 0.1) is 12.2 Å². The first kappa shape index (κ1) is 18.7. The van der Waals surface area contributed by atoms with Gasteiger partial charge in [-0.1, -0.05) is 0 Å². The lowest BCUT2D eigenvalue weighted by Crippen LogP contribution is -2.22. The maximum absolute atomic E-state index is 13.6. The minimum absolute atomic E-state index is 0.0268. The zero-order valence-electron chi connectivity index (χ0n) is 15.2. The van der Waals surface area contributed by atoms with E-state index in [1.165, 1.54) is 43.7 Å². The maximum Gasteiger partial charge on any atom is 0.243 e. The quantitative estimate of drug-likeness (QED) is 0.728. The Labute approximate surface area is 157 Å². The zero-order chi connectivity index (χ0) is 19.2. The molecule has 1 fully saturated rings. The van der Waals surface area contributed by atoms with E-state index in [9.17, 15) is 14.0 Å². The second-order valence-corrected chi connectivity index (χ2v) is 6.52. The monoisotopic (exact) mass is 370 g/mol. The Morgan fingerprint density at radius 3 is 2.33 bits per heavy atom. The molecule has 0 spiro atoms. The van der Waals surface area contributed by atoms with Crippen LogP contribution in [-0.4, -0.2) is 31.4 Å². The Morgan fingerprint density at radius 1 is 1.00 bits per heavy atom. The number of hydrogen-bond acceptors (Lipinski definition) is 4. The Bertz CT molecular complexity index is 817. The van der Waals surface area contributed by atoms with Gasteiger partial charge >= 0.3 is 0 Å². The lowest BCUT2D eigenvalue weighted by atomic mass is 10.2. The fourth-order valence-corrected chi connectivity index (χ4v) is 3.04. The minimum atomic E-state index is -0.529. The molecule has 1 saturated heterocycles. The molecule has 27 heavy (non-hydrogen) atoms. The van der Waals surface area contributed by atoms with Crippen molar-refractivity contribution in [2.45, 2.75) is 19.8 Å². The van der Waals surface area contributed by atoms with Crippen molar-refractivity contribution in [3.63, 3.8) is 0 Å². The zero-order valence-corrected chi connectivity index (χ0v) is 15.2. The van der Waals surface area contributed by atoms with Crippen LogP contribution >= 0.6 is 0 Å². The summed E-state index contributed by atoms with van der Waals surface area (Å²) in [6.07, 6.45) is 2.44. The van der Waals surface area contributed by atoms with Crippen molar-refractivity contribution in [1.82, 2.24) is 0 Å². The minimum Gasteiger partial charge on any atom is -0.376 e. The molecule has 1 aliphatic heterocycles. The lowest BCUT2D eigenvalue weighted by molar-refractivity contribution is -0.115. The first-order valence-electron chi connectivity index (χ1n) is 8.97. The van der Waals surface area contributed by atoms with Crippen molar-refractivity contribution < 1.29 is 14.0 Å². The topological polar surface area (TPSA) is 73.5 Å². The number of nitrogens with zero attached hydrogens (tertiary/aromatic N) is 1. The van der Waals surface area contributed by atoms with Crippen LogP contribution in [0.1, 0.15) is 19.8 Å². The molecular weight excluding hydrogens is 347 g/mol. The van der Waals surface area contributed by atoms with Crippen LogP contribution in [0, 0.1) is 5.82 Å². The van der Waals surface area contributed by atoms with Crippen molar-refractivity contribution in [3.05, 3.63) is 48.3 Å². The van der Waals surface area contributed by atoms with Gasteiger partial charge in [0.15, 0.2) is 0 Å². The number of hydrogen-bond donors (Lipinski definition) is 3. The van der Waals surface area contributed by atoms with Crippen molar-refractivity contribution in [2.24, 2.45) is 0 Å². The van der Waals surface area contributed by atoms with Gasteiger partial charge in [-0.05, 0) is 55.3 Å². The van der Waals surface area contributed by atoms with Crippen molar-refractivity contribution in [3.8, 4) is 0 Å². The van der Waals surface area contributed by atoms with Crippen LogP contribution in [0.4, 0.5) is 27.1 Å². The van der Waals surface area contributed by atoms with Gasteiger partial charge in [0.25, 0.3) is 0 Å². The molecule has 2 aromatic carbocycles. The molecule has 142 valence electrons. The third kappa shape index (κ3) is 5.20. The van der Waals surface area contributed by atoms with E-state index in [2.05, 4.69) is 20.9 Å².